The Morgan fingerprint density at radius 2 is 1.18 bits per heavy atom. The van der Waals surface area contributed by atoms with Crippen molar-refractivity contribution in [3.05, 3.63) is 37.2 Å². The molecule has 0 saturated carbocycles. The van der Waals surface area contributed by atoms with Gasteiger partial charge in [-0.25, -0.2) is 0 Å². The maximum Gasteiger partial charge on any atom is 0.422 e. The lowest BCUT2D eigenvalue weighted by Crippen LogP contribution is -2.11. The van der Waals surface area contributed by atoms with E-state index < -0.39 is 11.3 Å². The molecule has 0 aromatic rings. The minimum Gasteiger partial charge on any atom is -0.300 e. The highest BCUT2D eigenvalue weighted by Crippen LogP contribution is 2.73. The molecule has 0 saturated heterocycles. The van der Waals surface area contributed by atoms with E-state index in [1.807, 2.05) is 0 Å². The molecule has 0 amide bonds. The predicted octanol–water partition coefficient (Wildman–Crippen LogP) is 4.59. The Hall–Kier alpha value is 0.585. The summed E-state index contributed by atoms with van der Waals surface area (Å²) in [7, 11) is -1.97. The molecule has 0 N–H and O–H groups in total. The second kappa shape index (κ2) is 4.00. The van der Waals surface area contributed by atoms with E-state index in [4.69, 9.17) is 34.4 Å². The van der Waals surface area contributed by atoms with Gasteiger partial charge in [0, 0.05) is 17.5 Å². The lowest BCUT2D eigenvalue weighted by Gasteiger charge is -2.29. The van der Waals surface area contributed by atoms with Gasteiger partial charge >= 0.3 is 4.11 Å². The van der Waals surface area contributed by atoms with E-state index >= 15 is 0 Å². The second-order valence-corrected chi connectivity index (χ2v) is 9.19. The number of halogens is 3. The van der Waals surface area contributed by atoms with Gasteiger partial charge in [0.25, 0.3) is 0 Å². The molecule has 0 atom stereocenters. The third kappa shape index (κ3) is 2.26. The van der Waals surface area contributed by atoms with Crippen LogP contribution in [-0.2, 0) is 0 Å². The average molecular weight is 229 g/mol. The van der Waals surface area contributed by atoms with Crippen molar-refractivity contribution in [2.45, 2.75) is 0 Å². The third-order valence-electron chi connectivity index (χ3n) is 1.46. The Balaban J connectivity index is 4.99. The summed E-state index contributed by atoms with van der Waals surface area (Å²) in [5, 5.41) is 0. The van der Waals surface area contributed by atoms with Crippen LogP contribution in [-0.4, -0.2) is 4.11 Å². The molecule has 0 aliphatic rings. The molecule has 0 bridgehead atoms. The molecule has 11 heavy (non-hydrogen) atoms. The van der Waals surface area contributed by atoms with E-state index in [2.05, 4.69) is 19.7 Å². The maximum absolute atomic E-state index is 5.79. The van der Waals surface area contributed by atoms with E-state index in [1.54, 1.807) is 17.5 Å². The smallest absolute Gasteiger partial charge is 0.300 e. The first kappa shape index (κ1) is 11.6. The van der Waals surface area contributed by atoms with Gasteiger partial charge in [-0.2, -0.15) is 0 Å². The summed E-state index contributed by atoms with van der Waals surface area (Å²) in [5.41, 5.74) is 0. The molecule has 0 unspecified atom stereocenters. The van der Waals surface area contributed by atoms with Gasteiger partial charge in [0.15, 0.2) is 0 Å². The van der Waals surface area contributed by atoms with Crippen LogP contribution in [0.4, 0.5) is 0 Å². The summed E-state index contributed by atoms with van der Waals surface area (Å²) in [5.74, 6) is 4.92. The molecule has 0 rings (SSSR count). The Morgan fingerprint density at radius 3 is 1.18 bits per heavy atom. The Labute approximate surface area is 82.9 Å². The SMILES string of the molecule is C=C[P+](C=C)(C=C)[B-](Cl)(Cl)Cl. The summed E-state index contributed by atoms with van der Waals surface area (Å²) in [4.78, 5) is 0. The van der Waals surface area contributed by atoms with Gasteiger partial charge in [-0.15, -0.1) is 0 Å². The highest BCUT2D eigenvalue weighted by molar-refractivity contribution is 8.31. The largest absolute Gasteiger partial charge is 0.422 e. The summed E-state index contributed by atoms with van der Waals surface area (Å²) in [6.07, 6.45) is 0. The molecule has 0 radical (unpaired) electrons. The topological polar surface area (TPSA) is 0 Å². The van der Waals surface area contributed by atoms with Crippen molar-refractivity contribution < 1.29 is 0 Å². The van der Waals surface area contributed by atoms with Gasteiger partial charge in [0.05, 0.1) is 0 Å². The van der Waals surface area contributed by atoms with Crippen molar-refractivity contribution in [2.75, 3.05) is 0 Å². The Morgan fingerprint density at radius 1 is 0.909 bits per heavy atom. The lowest BCUT2D eigenvalue weighted by atomic mass is 10.6. The standard InChI is InChI=1S/C6H9BCl3P/c1-4-11(5-2,6-3)7(8,9)10/h4-6H,1-3H2. The summed E-state index contributed by atoms with van der Waals surface area (Å²) in [6, 6.07) is 0. The van der Waals surface area contributed by atoms with Crippen molar-refractivity contribution >= 4 is 45.6 Å². The Bertz CT molecular complexity index is 163. The molecule has 0 aliphatic heterocycles. The lowest BCUT2D eigenvalue weighted by molar-refractivity contribution is 2.36. The van der Waals surface area contributed by atoms with Crippen LogP contribution < -0.4 is 0 Å². The van der Waals surface area contributed by atoms with Crippen LogP contribution in [0, 0.1) is 0 Å². The van der Waals surface area contributed by atoms with Gasteiger partial charge in [-0.05, 0) is 7.14 Å². The van der Waals surface area contributed by atoms with Crippen molar-refractivity contribution in [3.63, 3.8) is 0 Å². The molecule has 0 spiro atoms. The normalized spacial score (nSPS) is 12.3. The number of hydrogen-bond donors (Lipinski definition) is 0. The fraction of sp³-hybridized carbons (Fsp3) is 0. The Kier molecular flexibility index (Phi) is 4.22. The molecule has 62 valence electrons. The third-order valence-corrected chi connectivity index (χ3v) is 7.41. The molecule has 0 nitrogen and oxygen atoms in total. The molecular weight excluding hydrogens is 220 g/mol. The highest BCUT2D eigenvalue weighted by atomic mass is 35.6. The van der Waals surface area contributed by atoms with Gasteiger partial charge < -0.3 is 34.4 Å². The highest BCUT2D eigenvalue weighted by Gasteiger charge is 2.44. The van der Waals surface area contributed by atoms with Crippen LogP contribution in [0.1, 0.15) is 0 Å². The van der Waals surface area contributed by atoms with Crippen molar-refractivity contribution in [1.82, 2.24) is 0 Å². The fourth-order valence-electron chi connectivity index (χ4n) is 0.582. The van der Waals surface area contributed by atoms with Crippen molar-refractivity contribution in [1.29, 1.82) is 0 Å². The molecular formula is C6H9BCl3P. The minimum atomic E-state index is -1.99. The van der Waals surface area contributed by atoms with E-state index in [1.165, 1.54) is 0 Å². The molecule has 0 aromatic heterocycles. The second-order valence-electron chi connectivity index (χ2n) is 1.98. The zero-order valence-corrected chi connectivity index (χ0v) is 9.17. The summed E-state index contributed by atoms with van der Waals surface area (Å²) in [6.45, 7) is 10.8. The first-order valence-electron chi connectivity index (χ1n) is 2.91. The van der Waals surface area contributed by atoms with Gasteiger partial charge in [0.1, 0.15) is 0 Å². The van der Waals surface area contributed by atoms with Crippen molar-refractivity contribution in [2.24, 2.45) is 0 Å². The quantitative estimate of drug-likeness (QED) is 0.488. The first-order chi connectivity index (χ1) is 4.93. The van der Waals surface area contributed by atoms with Gasteiger partial charge in [0.2, 0.25) is 0 Å². The maximum atomic E-state index is 5.79. The van der Waals surface area contributed by atoms with Crippen LogP contribution in [0.15, 0.2) is 37.2 Å². The average Bonchev–Trinajstić information content (AvgIpc) is 1.90. The summed E-state index contributed by atoms with van der Waals surface area (Å²) < 4.78 is -1.99. The minimum absolute atomic E-state index is 1.64. The molecule has 0 heterocycles. The van der Waals surface area contributed by atoms with E-state index in [-0.39, 0.29) is 0 Å². The molecule has 0 aromatic carbocycles. The zero-order valence-electron chi connectivity index (χ0n) is 6.01. The predicted molar refractivity (Wildman–Crippen MR) is 60.8 cm³/mol. The van der Waals surface area contributed by atoms with E-state index in [0.29, 0.717) is 0 Å². The number of rotatable bonds is 4. The van der Waals surface area contributed by atoms with Crippen LogP contribution in [0.2, 0.25) is 0 Å². The fourth-order valence-corrected chi connectivity index (χ4v) is 3.90. The molecule has 5 heteroatoms. The van der Waals surface area contributed by atoms with Crippen LogP contribution >= 0.6 is 41.5 Å². The van der Waals surface area contributed by atoms with Crippen molar-refractivity contribution in [3.8, 4) is 0 Å². The van der Waals surface area contributed by atoms with Gasteiger partial charge in [-0.1, -0.05) is 19.7 Å². The van der Waals surface area contributed by atoms with Crippen LogP contribution in [0.25, 0.3) is 0 Å². The zero-order chi connectivity index (χ0) is 9.12. The van der Waals surface area contributed by atoms with Gasteiger partial charge in [-0.3, -0.25) is 0 Å². The van der Waals surface area contributed by atoms with E-state index in [9.17, 15) is 0 Å². The van der Waals surface area contributed by atoms with Crippen LogP contribution in [0.5, 0.6) is 0 Å². The molecule has 0 fully saturated rings. The molecule has 0 aliphatic carbocycles. The monoisotopic (exact) mass is 228 g/mol. The number of hydrogen-bond acceptors (Lipinski definition) is 0. The van der Waals surface area contributed by atoms with E-state index in [0.717, 1.165) is 0 Å². The first-order valence-corrected chi connectivity index (χ1v) is 6.29. The summed E-state index contributed by atoms with van der Waals surface area (Å²) >= 11 is 17.4. The van der Waals surface area contributed by atoms with Crippen LogP contribution in [0.3, 0.4) is 0 Å².